The van der Waals surface area contributed by atoms with Crippen LogP contribution in [0.3, 0.4) is 0 Å². The van der Waals surface area contributed by atoms with Gasteiger partial charge in [-0.05, 0) is 36.7 Å². The average Bonchev–Trinajstić information content (AvgIpc) is 2.49. The molecule has 0 bridgehead atoms. The van der Waals surface area contributed by atoms with Gasteiger partial charge in [0.15, 0.2) is 0 Å². The third kappa shape index (κ3) is 5.77. The van der Waals surface area contributed by atoms with Crippen molar-refractivity contribution in [3.05, 3.63) is 35.9 Å². The molecule has 4 unspecified atom stereocenters. The van der Waals surface area contributed by atoms with Gasteiger partial charge in [-0.2, -0.15) is 0 Å². The van der Waals surface area contributed by atoms with Crippen molar-refractivity contribution in [3.8, 4) is 0 Å². The van der Waals surface area contributed by atoms with E-state index in [2.05, 4.69) is 19.2 Å². The van der Waals surface area contributed by atoms with Crippen LogP contribution in [0.2, 0.25) is 0 Å². The van der Waals surface area contributed by atoms with Gasteiger partial charge in [0.25, 0.3) is 0 Å². The van der Waals surface area contributed by atoms with Crippen molar-refractivity contribution >= 4 is 0 Å². The van der Waals surface area contributed by atoms with E-state index < -0.39 is 6.10 Å². The van der Waals surface area contributed by atoms with Crippen LogP contribution >= 0.6 is 0 Å². The van der Waals surface area contributed by atoms with Gasteiger partial charge in [-0.3, -0.25) is 0 Å². The number of benzene rings is 1. The maximum atomic E-state index is 9.99. The number of hydrogen-bond acceptors (Lipinski definition) is 3. The number of ether oxygens (including phenoxy) is 1. The fourth-order valence-electron chi connectivity index (χ4n) is 2.98. The van der Waals surface area contributed by atoms with E-state index in [1.54, 1.807) is 0 Å². The Morgan fingerprint density at radius 2 is 1.95 bits per heavy atom. The molecule has 0 aliphatic heterocycles. The van der Waals surface area contributed by atoms with Crippen LogP contribution in [-0.2, 0) is 11.3 Å². The van der Waals surface area contributed by atoms with Crippen LogP contribution < -0.4 is 5.32 Å². The molecule has 118 valence electrons. The van der Waals surface area contributed by atoms with Crippen molar-refractivity contribution in [2.24, 2.45) is 11.8 Å². The Hall–Kier alpha value is -0.900. The van der Waals surface area contributed by atoms with Crippen molar-refractivity contribution in [2.75, 3.05) is 13.2 Å². The van der Waals surface area contributed by atoms with Crippen molar-refractivity contribution in [2.45, 2.75) is 51.9 Å². The number of rotatable bonds is 7. The highest BCUT2D eigenvalue weighted by atomic mass is 16.5. The fraction of sp³-hybridized carbons (Fsp3) is 0.667. The molecule has 4 atom stereocenters. The molecule has 0 radical (unpaired) electrons. The maximum Gasteiger partial charge on any atom is 0.0897 e. The van der Waals surface area contributed by atoms with E-state index in [1.807, 2.05) is 30.3 Å². The summed E-state index contributed by atoms with van der Waals surface area (Å²) in [5, 5.41) is 13.5. The van der Waals surface area contributed by atoms with Crippen LogP contribution in [0.15, 0.2) is 30.3 Å². The Morgan fingerprint density at radius 3 is 2.67 bits per heavy atom. The first-order valence-electron chi connectivity index (χ1n) is 8.18. The monoisotopic (exact) mass is 291 g/mol. The van der Waals surface area contributed by atoms with E-state index in [0.29, 0.717) is 25.8 Å². The minimum Gasteiger partial charge on any atom is -0.389 e. The predicted octanol–water partition coefficient (Wildman–Crippen LogP) is 2.98. The van der Waals surface area contributed by atoms with Gasteiger partial charge in [0.2, 0.25) is 0 Å². The molecular weight excluding hydrogens is 262 g/mol. The molecular formula is C18H29NO2. The molecule has 2 rings (SSSR count). The minimum absolute atomic E-state index is 0.389. The third-order valence-corrected chi connectivity index (χ3v) is 4.66. The van der Waals surface area contributed by atoms with Gasteiger partial charge >= 0.3 is 0 Å². The van der Waals surface area contributed by atoms with Crippen LogP contribution in [0.1, 0.15) is 38.7 Å². The summed E-state index contributed by atoms with van der Waals surface area (Å²) in [6.45, 7) is 6.25. The summed E-state index contributed by atoms with van der Waals surface area (Å²) in [6, 6.07) is 10.6. The van der Waals surface area contributed by atoms with Crippen LogP contribution in [0, 0.1) is 11.8 Å². The first-order chi connectivity index (χ1) is 10.1. The van der Waals surface area contributed by atoms with E-state index in [0.717, 1.165) is 17.4 Å². The largest absolute Gasteiger partial charge is 0.389 e. The number of nitrogens with one attached hydrogen (secondary N) is 1. The molecule has 0 spiro atoms. The van der Waals surface area contributed by atoms with Crippen LogP contribution in [-0.4, -0.2) is 30.4 Å². The Kier molecular flexibility index (Phi) is 6.68. The van der Waals surface area contributed by atoms with E-state index >= 15 is 0 Å². The van der Waals surface area contributed by atoms with Crippen molar-refractivity contribution < 1.29 is 9.84 Å². The molecule has 1 aromatic rings. The highest BCUT2D eigenvalue weighted by Gasteiger charge is 2.24. The van der Waals surface area contributed by atoms with Crippen LogP contribution in [0.25, 0.3) is 0 Å². The number of aliphatic hydroxyl groups is 1. The molecule has 1 aliphatic carbocycles. The molecule has 1 aromatic carbocycles. The summed E-state index contributed by atoms with van der Waals surface area (Å²) in [7, 11) is 0. The Labute approximate surface area is 128 Å². The lowest BCUT2D eigenvalue weighted by molar-refractivity contribution is 0.0262. The second kappa shape index (κ2) is 8.52. The van der Waals surface area contributed by atoms with E-state index in [9.17, 15) is 5.11 Å². The van der Waals surface area contributed by atoms with Gasteiger partial charge in [0.1, 0.15) is 0 Å². The molecule has 1 saturated carbocycles. The lowest BCUT2D eigenvalue weighted by Gasteiger charge is -2.33. The smallest absolute Gasteiger partial charge is 0.0897 e. The van der Waals surface area contributed by atoms with Gasteiger partial charge in [-0.1, -0.05) is 44.2 Å². The highest BCUT2D eigenvalue weighted by molar-refractivity contribution is 5.13. The lowest BCUT2D eigenvalue weighted by Crippen LogP contribution is -2.41. The quantitative estimate of drug-likeness (QED) is 0.811. The second-order valence-electron chi connectivity index (χ2n) is 6.53. The molecule has 2 N–H and O–H groups in total. The first kappa shape index (κ1) is 16.5. The molecule has 1 aliphatic rings. The molecule has 0 heterocycles. The van der Waals surface area contributed by atoms with Crippen molar-refractivity contribution in [1.82, 2.24) is 5.32 Å². The van der Waals surface area contributed by atoms with E-state index in [-0.39, 0.29) is 0 Å². The van der Waals surface area contributed by atoms with Gasteiger partial charge in [-0.15, -0.1) is 0 Å². The van der Waals surface area contributed by atoms with Gasteiger partial charge < -0.3 is 15.2 Å². The summed E-state index contributed by atoms with van der Waals surface area (Å²) >= 11 is 0. The zero-order chi connectivity index (χ0) is 15.1. The maximum absolute atomic E-state index is 9.99. The van der Waals surface area contributed by atoms with Gasteiger partial charge in [0.05, 0.1) is 19.3 Å². The summed E-state index contributed by atoms with van der Waals surface area (Å²) < 4.78 is 5.57. The third-order valence-electron chi connectivity index (χ3n) is 4.66. The molecule has 3 nitrogen and oxygen atoms in total. The number of hydrogen-bond donors (Lipinski definition) is 2. The van der Waals surface area contributed by atoms with Gasteiger partial charge in [0, 0.05) is 12.6 Å². The summed E-state index contributed by atoms with van der Waals surface area (Å²) in [5.41, 5.74) is 1.15. The minimum atomic E-state index is -0.427. The predicted molar refractivity (Wildman–Crippen MR) is 86.1 cm³/mol. The highest BCUT2D eigenvalue weighted by Crippen LogP contribution is 2.29. The fourth-order valence-corrected chi connectivity index (χ4v) is 2.98. The summed E-state index contributed by atoms with van der Waals surface area (Å²) in [6.07, 6.45) is 3.31. The topological polar surface area (TPSA) is 41.5 Å². The average molecular weight is 291 g/mol. The molecule has 3 heteroatoms. The molecule has 0 saturated heterocycles. The Morgan fingerprint density at radius 1 is 1.19 bits per heavy atom. The second-order valence-corrected chi connectivity index (χ2v) is 6.53. The SMILES string of the molecule is CC1CCC(NCC(O)COCc2ccccc2)CC1C. The number of aliphatic hydroxyl groups excluding tert-OH is 1. The zero-order valence-corrected chi connectivity index (χ0v) is 13.3. The van der Waals surface area contributed by atoms with E-state index in [4.69, 9.17) is 4.74 Å². The zero-order valence-electron chi connectivity index (χ0n) is 13.3. The molecule has 0 aromatic heterocycles. The summed E-state index contributed by atoms with van der Waals surface area (Å²) in [4.78, 5) is 0. The van der Waals surface area contributed by atoms with E-state index in [1.165, 1.54) is 19.3 Å². The van der Waals surface area contributed by atoms with Crippen molar-refractivity contribution in [3.63, 3.8) is 0 Å². The molecule has 0 amide bonds. The van der Waals surface area contributed by atoms with Gasteiger partial charge in [-0.25, -0.2) is 0 Å². The molecule has 21 heavy (non-hydrogen) atoms. The van der Waals surface area contributed by atoms with Crippen LogP contribution in [0.5, 0.6) is 0 Å². The normalized spacial score (nSPS) is 27.5. The molecule has 1 fully saturated rings. The Balaban J connectivity index is 1.58. The Bertz CT molecular complexity index is 395. The lowest BCUT2D eigenvalue weighted by atomic mass is 9.79. The first-order valence-corrected chi connectivity index (χ1v) is 8.18. The van der Waals surface area contributed by atoms with Crippen LogP contribution in [0.4, 0.5) is 0 Å². The standard InChI is InChI=1S/C18H29NO2/c1-14-8-9-17(10-15(14)2)19-11-18(20)13-21-12-16-6-4-3-5-7-16/h3-7,14-15,17-20H,8-13H2,1-2H3. The summed E-state index contributed by atoms with van der Waals surface area (Å²) in [5.74, 6) is 1.62. The van der Waals surface area contributed by atoms with Crippen molar-refractivity contribution in [1.29, 1.82) is 0 Å².